The van der Waals surface area contributed by atoms with Gasteiger partial charge in [0.1, 0.15) is 30.4 Å². The van der Waals surface area contributed by atoms with Gasteiger partial charge in [-0.2, -0.15) is 4.98 Å². The first kappa shape index (κ1) is 20.0. The van der Waals surface area contributed by atoms with Gasteiger partial charge in [0.2, 0.25) is 5.28 Å². The monoisotopic (exact) mass is 418 g/mol. The predicted molar refractivity (Wildman–Crippen MR) is 107 cm³/mol. The molecule has 1 aliphatic heterocycles. The highest BCUT2D eigenvalue weighted by Gasteiger charge is 2.49. The summed E-state index contributed by atoms with van der Waals surface area (Å²) >= 11 is 5.93. The fourth-order valence-corrected chi connectivity index (χ4v) is 4.29. The molecule has 0 unspecified atom stereocenters. The van der Waals surface area contributed by atoms with Crippen LogP contribution in [-0.4, -0.2) is 43.9 Å². The lowest BCUT2D eigenvalue weighted by Gasteiger charge is -2.28. The molecule has 154 valence electrons. The molecule has 4 rings (SSSR count). The van der Waals surface area contributed by atoms with Gasteiger partial charge in [-0.25, -0.2) is 4.98 Å². The number of nitrogens with two attached hydrogens (primary N) is 1. The maximum Gasteiger partial charge on any atom is 0.309 e. The largest absolute Gasteiger partial charge is 0.461 e. The van der Waals surface area contributed by atoms with Crippen LogP contribution in [0.25, 0.3) is 11.0 Å². The highest BCUT2D eigenvalue weighted by Crippen LogP contribution is 2.39. The van der Waals surface area contributed by atoms with Gasteiger partial charge in [-0.05, 0) is 30.5 Å². The second kappa shape index (κ2) is 7.82. The molecule has 2 fully saturated rings. The number of terminal acetylenes is 1. The number of nitrogen functional groups attached to an aromatic ring is 1. The number of fused-ring (bicyclic) bond motifs is 1. The van der Waals surface area contributed by atoms with Gasteiger partial charge in [0.25, 0.3) is 0 Å². The standard InChI is InChI=1S/C20H23ClN4O4/c1-2-20(11-28-18(27)12-6-4-3-5-7-12)14(26)10-15(29-20)25-9-8-13-16(22)23-19(21)24-17(13)25/h1,8-9,12,14-15,26H,3-7,10-11H2,(H2,22,23,24)/t14-,15+,20+/m0/s1. The van der Waals surface area contributed by atoms with Crippen molar-refractivity contribution in [3.63, 3.8) is 0 Å². The number of esters is 1. The zero-order chi connectivity index (χ0) is 20.6. The van der Waals surface area contributed by atoms with Crippen LogP contribution in [0.2, 0.25) is 5.28 Å². The van der Waals surface area contributed by atoms with Crippen LogP contribution in [0.5, 0.6) is 0 Å². The molecule has 2 aromatic rings. The number of nitrogens with zero attached hydrogens (tertiary/aromatic N) is 3. The first-order valence-electron chi connectivity index (χ1n) is 9.73. The molecular weight excluding hydrogens is 396 g/mol. The lowest BCUT2D eigenvalue weighted by Crippen LogP contribution is -2.43. The molecule has 0 bridgehead atoms. The van der Waals surface area contributed by atoms with Gasteiger partial charge < -0.3 is 24.9 Å². The van der Waals surface area contributed by atoms with E-state index in [1.807, 2.05) is 0 Å². The average Bonchev–Trinajstić information content (AvgIpc) is 3.28. The Morgan fingerprint density at radius 2 is 2.21 bits per heavy atom. The number of aliphatic hydroxyl groups excluding tert-OH is 1. The Balaban J connectivity index is 1.52. The van der Waals surface area contributed by atoms with E-state index in [-0.39, 0.29) is 36.0 Å². The molecule has 0 amide bonds. The first-order chi connectivity index (χ1) is 13.9. The second-order valence-corrected chi connectivity index (χ2v) is 7.98. The smallest absolute Gasteiger partial charge is 0.309 e. The molecule has 0 radical (unpaired) electrons. The molecule has 9 heteroatoms. The summed E-state index contributed by atoms with van der Waals surface area (Å²) in [5, 5.41) is 11.3. The summed E-state index contributed by atoms with van der Waals surface area (Å²) in [6, 6.07) is 1.75. The van der Waals surface area contributed by atoms with Crippen LogP contribution >= 0.6 is 11.6 Å². The number of anilines is 1. The van der Waals surface area contributed by atoms with Crippen LogP contribution in [0.15, 0.2) is 12.3 Å². The van der Waals surface area contributed by atoms with Crippen molar-refractivity contribution in [3.8, 4) is 12.3 Å². The quantitative estimate of drug-likeness (QED) is 0.445. The third-order valence-electron chi connectivity index (χ3n) is 5.81. The summed E-state index contributed by atoms with van der Waals surface area (Å²) in [5.41, 5.74) is 4.95. The van der Waals surface area contributed by atoms with Crippen molar-refractivity contribution in [2.75, 3.05) is 12.3 Å². The number of ether oxygens (including phenoxy) is 2. The van der Waals surface area contributed by atoms with Crippen LogP contribution in [0.4, 0.5) is 5.82 Å². The molecule has 1 saturated carbocycles. The van der Waals surface area contributed by atoms with Crippen molar-refractivity contribution in [1.29, 1.82) is 0 Å². The van der Waals surface area contributed by atoms with E-state index in [0.29, 0.717) is 11.0 Å². The highest BCUT2D eigenvalue weighted by atomic mass is 35.5. The van der Waals surface area contributed by atoms with Gasteiger partial charge in [-0.3, -0.25) is 4.79 Å². The minimum Gasteiger partial charge on any atom is -0.461 e. The van der Waals surface area contributed by atoms with Crippen LogP contribution in [0, 0.1) is 18.3 Å². The Labute approximate surface area is 173 Å². The topological polar surface area (TPSA) is 112 Å². The van der Waals surface area contributed by atoms with E-state index < -0.39 is 17.9 Å². The summed E-state index contributed by atoms with van der Waals surface area (Å²) in [4.78, 5) is 20.5. The van der Waals surface area contributed by atoms with Crippen molar-refractivity contribution < 1.29 is 19.4 Å². The van der Waals surface area contributed by atoms with Crippen molar-refractivity contribution in [3.05, 3.63) is 17.5 Å². The Bertz CT molecular complexity index is 965. The third-order valence-corrected chi connectivity index (χ3v) is 5.97. The minimum atomic E-state index is -1.42. The van der Waals surface area contributed by atoms with Crippen LogP contribution in [-0.2, 0) is 14.3 Å². The van der Waals surface area contributed by atoms with E-state index in [4.69, 9.17) is 33.2 Å². The van der Waals surface area contributed by atoms with E-state index in [1.54, 1.807) is 16.8 Å². The molecule has 3 N–H and O–H groups in total. The van der Waals surface area contributed by atoms with Gasteiger partial charge in [-0.15, -0.1) is 6.42 Å². The van der Waals surface area contributed by atoms with Crippen LogP contribution in [0.3, 0.4) is 0 Å². The summed E-state index contributed by atoms with van der Waals surface area (Å²) in [6.07, 6.45) is 10.8. The summed E-state index contributed by atoms with van der Waals surface area (Å²) in [5.74, 6) is 2.37. The number of halogens is 1. The van der Waals surface area contributed by atoms with E-state index in [1.165, 1.54) is 0 Å². The molecule has 8 nitrogen and oxygen atoms in total. The Morgan fingerprint density at radius 3 is 2.93 bits per heavy atom. The van der Waals surface area contributed by atoms with Gasteiger partial charge in [0.15, 0.2) is 5.60 Å². The van der Waals surface area contributed by atoms with E-state index >= 15 is 0 Å². The normalized spacial score (nSPS) is 27.8. The number of rotatable bonds is 4. The average molecular weight is 419 g/mol. The third kappa shape index (κ3) is 3.66. The predicted octanol–water partition coefficient (Wildman–Crippen LogP) is 2.44. The molecular formula is C20H23ClN4O4. The number of hydrogen-bond acceptors (Lipinski definition) is 7. The minimum absolute atomic E-state index is 0.0121. The van der Waals surface area contributed by atoms with E-state index in [0.717, 1.165) is 32.1 Å². The molecule has 0 aromatic carbocycles. The number of hydrogen-bond donors (Lipinski definition) is 2. The molecule has 1 aliphatic carbocycles. The van der Waals surface area contributed by atoms with E-state index in [9.17, 15) is 9.90 Å². The Morgan fingerprint density at radius 1 is 1.45 bits per heavy atom. The molecule has 3 atom stereocenters. The van der Waals surface area contributed by atoms with Crippen molar-refractivity contribution in [1.82, 2.24) is 14.5 Å². The van der Waals surface area contributed by atoms with Crippen LogP contribution in [0.1, 0.15) is 44.8 Å². The molecule has 29 heavy (non-hydrogen) atoms. The maximum atomic E-state index is 12.4. The summed E-state index contributed by atoms with van der Waals surface area (Å²) < 4.78 is 13.2. The zero-order valence-corrected chi connectivity index (χ0v) is 16.6. The first-order valence-corrected chi connectivity index (χ1v) is 10.1. The van der Waals surface area contributed by atoms with Crippen molar-refractivity contribution >= 4 is 34.4 Å². The lowest BCUT2D eigenvalue weighted by molar-refractivity contribution is -0.161. The SMILES string of the molecule is C#C[C@]1(COC(=O)C2CCCCC2)O[C@@H](n2ccc3c(N)nc(Cl)nc32)C[C@@H]1O. The van der Waals surface area contributed by atoms with Gasteiger partial charge in [-0.1, -0.05) is 25.2 Å². The fraction of sp³-hybridized carbons (Fsp3) is 0.550. The zero-order valence-electron chi connectivity index (χ0n) is 15.9. The number of aliphatic hydroxyl groups is 1. The van der Waals surface area contributed by atoms with Gasteiger partial charge >= 0.3 is 5.97 Å². The van der Waals surface area contributed by atoms with Crippen LogP contribution < -0.4 is 5.73 Å². The van der Waals surface area contributed by atoms with Gasteiger partial charge in [0.05, 0.1) is 11.3 Å². The molecule has 0 spiro atoms. The fourth-order valence-electron chi connectivity index (χ4n) is 4.12. The maximum absolute atomic E-state index is 12.4. The Hall–Kier alpha value is -2.34. The summed E-state index contributed by atoms with van der Waals surface area (Å²) in [7, 11) is 0. The molecule has 2 aromatic heterocycles. The van der Waals surface area contributed by atoms with E-state index in [2.05, 4.69) is 15.9 Å². The molecule has 3 heterocycles. The number of aromatic nitrogens is 3. The van der Waals surface area contributed by atoms with Crippen molar-refractivity contribution in [2.45, 2.75) is 56.5 Å². The van der Waals surface area contributed by atoms with Gasteiger partial charge in [0, 0.05) is 12.6 Å². The number of carbonyl (C=O) groups is 1. The lowest BCUT2D eigenvalue weighted by atomic mass is 9.89. The van der Waals surface area contributed by atoms with Crippen molar-refractivity contribution in [2.24, 2.45) is 5.92 Å². The molecule has 2 aliphatic rings. The molecule has 1 saturated heterocycles. The second-order valence-electron chi connectivity index (χ2n) is 7.64. The Kier molecular flexibility index (Phi) is 5.38. The number of carbonyl (C=O) groups excluding carboxylic acids is 1. The summed E-state index contributed by atoms with van der Waals surface area (Å²) in [6.45, 7) is -0.201. The highest BCUT2D eigenvalue weighted by molar-refractivity contribution is 6.28.